The highest BCUT2D eigenvalue weighted by atomic mass is 16.6. The van der Waals surface area contributed by atoms with Gasteiger partial charge in [-0.15, -0.1) is 0 Å². The summed E-state index contributed by atoms with van der Waals surface area (Å²) in [4.78, 5) is 27.9. The summed E-state index contributed by atoms with van der Waals surface area (Å²) in [6.07, 6.45) is 11.8. The van der Waals surface area contributed by atoms with Crippen LogP contribution in [0, 0.1) is 17.8 Å². The number of ether oxygens (including phenoxy) is 4. The highest BCUT2D eigenvalue weighted by molar-refractivity contribution is 5.94. The molecule has 1 fully saturated rings. The van der Waals surface area contributed by atoms with Crippen molar-refractivity contribution in [3.8, 4) is 0 Å². The zero-order valence-corrected chi connectivity index (χ0v) is 22.2. The Labute approximate surface area is 225 Å². The Morgan fingerprint density at radius 3 is 2.05 bits per heavy atom. The van der Waals surface area contributed by atoms with Gasteiger partial charge in [0.25, 0.3) is 5.91 Å². The zero-order chi connectivity index (χ0) is 26.8. The summed E-state index contributed by atoms with van der Waals surface area (Å²) in [6, 6.07) is 3.29. The van der Waals surface area contributed by atoms with E-state index < -0.39 is 0 Å². The highest BCUT2D eigenvalue weighted by Gasteiger charge is 2.49. The van der Waals surface area contributed by atoms with E-state index in [9.17, 15) is 9.59 Å². The topological polar surface area (TPSA) is 146 Å². The Balaban J connectivity index is 1.03. The lowest BCUT2D eigenvalue weighted by atomic mass is 10.1. The smallest absolute Gasteiger partial charge is 0.407 e. The van der Waals surface area contributed by atoms with E-state index in [1.807, 2.05) is 0 Å². The molecular formula is C27H43N5O6. The maximum absolute atomic E-state index is 12.0. The van der Waals surface area contributed by atoms with Gasteiger partial charge in [-0.25, -0.2) is 15.6 Å². The third kappa shape index (κ3) is 11.3. The monoisotopic (exact) mass is 533 g/mol. The predicted molar refractivity (Wildman–Crippen MR) is 143 cm³/mol. The van der Waals surface area contributed by atoms with Crippen LogP contribution in [0.2, 0.25) is 0 Å². The first-order valence-corrected chi connectivity index (χ1v) is 13.7. The number of alkyl carbamates (subject to hydrolysis) is 1. The number of nitrogens with zero attached hydrogens (tertiary/aromatic N) is 1. The molecule has 0 aliphatic heterocycles. The summed E-state index contributed by atoms with van der Waals surface area (Å²) in [5.74, 6) is 7.58. The van der Waals surface area contributed by atoms with Gasteiger partial charge in [-0.05, 0) is 68.4 Å². The predicted octanol–water partition coefficient (Wildman–Crippen LogP) is 2.65. The molecule has 2 aliphatic rings. The van der Waals surface area contributed by atoms with Crippen molar-refractivity contribution in [1.82, 2.24) is 15.6 Å². The molecule has 0 aromatic carbocycles. The maximum Gasteiger partial charge on any atom is 0.407 e. The number of anilines is 1. The summed E-state index contributed by atoms with van der Waals surface area (Å²) in [7, 11) is 0. The Morgan fingerprint density at radius 1 is 0.868 bits per heavy atom. The number of carbonyl (C=O) groups excluding carboxylic acids is 2. The summed E-state index contributed by atoms with van der Waals surface area (Å²) in [6.45, 7) is 4.61. The van der Waals surface area contributed by atoms with E-state index in [0.29, 0.717) is 83.1 Å². The van der Waals surface area contributed by atoms with Crippen LogP contribution in [0.25, 0.3) is 0 Å². The quantitative estimate of drug-likeness (QED) is 0.0968. The molecule has 1 unspecified atom stereocenters. The van der Waals surface area contributed by atoms with Gasteiger partial charge in [0.2, 0.25) is 0 Å². The van der Waals surface area contributed by atoms with Gasteiger partial charge in [-0.2, -0.15) is 0 Å². The van der Waals surface area contributed by atoms with E-state index in [0.717, 1.165) is 31.1 Å². The normalized spacial score (nSPS) is 20.9. The Hall–Kier alpha value is -2.73. The third-order valence-electron chi connectivity index (χ3n) is 6.82. The SMILES string of the molecule is NNc1ccc(C(=O)NCCCOCCOCCOCCCNC(=O)OCC2[C@H]3CC/C=C\CC[C@@H]23)cn1. The Bertz CT molecular complexity index is 837. The number of nitrogens with one attached hydrogen (secondary N) is 3. The minimum absolute atomic E-state index is 0.185. The minimum Gasteiger partial charge on any atom is -0.449 e. The summed E-state index contributed by atoms with van der Waals surface area (Å²) in [5.41, 5.74) is 2.89. The lowest BCUT2D eigenvalue weighted by molar-refractivity contribution is 0.0138. The fourth-order valence-corrected chi connectivity index (χ4v) is 4.66. The van der Waals surface area contributed by atoms with Gasteiger partial charge in [0.15, 0.2) is 0 Å². The summed E-state index contributed by atoms with van der Waals surface area (Å²) in [5, 5.41) is 5.61. The minimum atomic E-state index is -0.333. The number of hydrogen-bond donors (Lipinski definition) is 4. The number of carbonyl (C=O) groups is 2. The lowest BCUT2D eigenvalue weighted by Crippen LogP contribution is -2.27. The zero-order valence-electron chi connectivity index (χ0n) is 22.2. The fraction of sp³-hybridized carbons (Fsp3) is 0.667. The van der Waals surface area contributed by atoms with Gasteiger partial charge in [-0.1, -0.05) is 12.2 Å². The van der Waals surface area contributed by atoms with Gasteiger partial charge in [0, 0.05) is 32.5 Å². The highest BCUT2D eigenvalue weighted by Crippen LogP contribution is 2.52. The van der Waals surface area contributed by atoms with Crippen molar-refractivity contribution in [3.05, 3.63) is 36.0 Å². The molecule has 3 atom stereocenters. The van der Waals surface area contributed by atoms with Gasteiger partial charge < -0.3 is 35.0 Å². The summed E-state index contributed by atoms with van der Waals surface area (Å²) < 4.78 is 21.9. The molecule has 2 aliphatic carbocycles. The maximum atomic E-state index is 12.0. The van der Waals surface area contributed by atoms with Gasteiger partial charge in [0.05, 0.1) is 38.6 Å². The van der Waals surface area contributed by atoms with Crippen LogP contribution in [0.15, 0.2) is 30.5 Å². The van der Waals surface area contributed by atoms with Crippen molar-refractivity contribution in [2.45, 2.75) is 38.5 Å². The first kappa shape index (κ1) is 29.8. The number of amides is 2. The van der Waals surface area contributed by atoms with Crippen LogP contribution in [0.1, 0.15) is 48.9 Å². The second-order valence-corrected chi connectivity index (χ2v) is 9.52. The van der Waals surface area contributed by atoms with Crippen molar-refractivity contribution in [2.75, 3.05) is 64.8 Å². The van der Waals surface area contributed by atoms with E-state index in [1.165, 1.54) is 19.0 Å². The average Bonchev–Trinajstić information content (AvgIpc) is 3.58. The first-order valence-electron chi connectivity index (χ1n) is 13.7. The molecule has 1 aromatic heterocycles. The molecule has 1 saturated carbocycles. The molecule has 38 heavy (non-hydrogen) atoms. The second-order valence-electron chi connectivity index (χ2n) is 9.52. The van der Waals surface area contributed by atoms with E-state index >= 15 is 0 Å². The van der Waals surface area contributed by atoms with Crippen LogP contribution in [0.4, 0.5) is 10.6 Å². The molecule has 0 bridgehead atoms. The number of allylic oxidation sites excluding steroid dienone is 2. The Morgan fingerprint density at radius 2 is 1.47 bits per heavy atom. The molecule has 1 heterocycles. The molecule has 2 amide bonds. The van der Waals surface area contributed by atoms with E-state index in [-0.39, 0.29) is 12.0 Å². The van der Waals surface area contributed by atoms with Crippen LogP contribution in [-0.2, 0) is 18.9 Å². The van der Waals surface area contributed by atoms with Crippen molar-refractivity contribution >= 4 is 17.8 Å². The van der Waals surface area contributed by atoms with Crippen molar-refractivity contribution in [3.63, 3.8) is 0 Å². The Kier molecular flexibility index (Phi) is 13.9. The van der Waals surface area contributed by atoms with Crippen molar-refractivity contribution in [1.29, 1.82) is 0 Å². The number of hydrazine groups is 1. The van der Waals surface area contributed by atoms with E-state index in [4.69, 9.17) is 24.8 Å². The fourth-order valence-electron chi connectivity index (χ4n) is 4.66. The van der Waals surface area contributed by atoms with Gasteiger partial charge in [-0.3, -0.25) is 4.79 Å². The van der Waals surface area contributed by atoms with E-state index in [1.54, 1.807) is 12.1 Å². The number of aromatic nitrogens is 1. The average molecular weight is 534 g/mol. The largest absolute Gasteiger partial charge is 0.449 e. The van der Waals surface area contributed by atoms with Crippen LogP contribution < -0.4 is 21.9 Å². The number of rotatable bonds is 18. The molecule has 0 saturated heterocycles. The standard InChI is InChI=1S/C27H43N5O6/c28-32-25-10-9-21(19-31-25)26(33)29-11-5-13-35-15-17-37-18-16-36-14-6-12-30-27(34)38-20-24-22-7-3-1-2-4-8-23(22)24/h1-2,9-10,19,22-24H,3-8,11-18,20,28H2,(H,29,33)(H,30,34)(H,31,32)/b2-1-/t22-,23+,24?. The van der Waals surface area contributed by atoms with E-state index in [2.05, 4.69) is 33.2 Å². The molecule has 3 rings (SSSR count). The number of fused-ring (bicyclic) bond motifs is 1. The van der Waals surface area contributed by atoms with Crippen LogP contribution >= 0.6 is 0 Å². The molecular weight excluding hydrogens is 490 g/mol. The number of nitrogen functional groups attached to an aromatic ring is 1. The molecule has 11 nitrogen and oxygen atoms in total. The molecule has 11 heteroatoms. The molecule has 0 radical (unpaired) electrons. The van der Waals surface area contributed by atoms with Crippen molar-refractivity contribution in [2.24, 2.45) is 23.6 Å². The molecule has 5 N–H and O–H groups in total. The van der Waals surface area contributed by atoms with Crippen LogP contribution in [-0.4, -0.2) is 76.3 Å². The third-order valence-corrected chi connectivity index (χ3v) is 6.82. The van der Waals surface area contributed by atoms with Crippen LogP contribution in [0.5, 0.6) is 0 Å². The lowest BCUT2D eigenvalue weighted by Gasteiger charge is -2.09. The van der Waals surface area contributed by atoms with Gasteiger partial charge >= 0.3 is 6.09 Å². The second kappa shape index (κ2) is 17.7. The summed E-state index contributed by atoms with van der Waals surface area (Å²) >= 11 is 0. The number of hydrogen-bond acceptors (Lipinski definition) is 9. The number of pyridine rings is 1. The molecule has 212 valence electrons. The van der Waals surface area contributed by atoms with Crippen molar-refractivity contribution < 1.29 is 28.5 Å². The van der Waals surface area contributed by atoms with Crippen LogP contribution in [0.3, 0.4) is 0 Å². The molecule has 1 aromatic rings. The molecule has 0 spiro atoms. The number of nitrogens with two attached hydrogens (primary N) is 1. The first-order chi connectivity index (χ1) is 18.7. The van der Waals surface area contributed by atoms with Gasteiger partial charge in [0.1, 0.15) is 5.82 Å².